The van der Waals surface area contributed by atoms with E-state index in [-0.39, 0.29) is 24.8 Å². The molecule has 4 N–H and O–H groups in total. The van der Waals surface area contributed by atoms with Gasteiger partial charge in [-0.05, 0) is 35.9 Å². The Morgan fingerprint density at radius 1 is 1.21 bits per heavy atom. The van der Waals surface area contributed by atoms with Crippen molar-refractivity contribution in [3.63, 3.8) is 0 Å². The molecule has 1 aliphatic rings. The maximum Gasteiger partial charge on any atom is 0.293 e. The fourth-order valence-electron chi connectivity index (χ4n) is 3.49. The maximum atomic E-state index is 14.9. The number of benzene rings is 2. The third kappa shape index (κ3) is 7.62. The van der Waals surface area contributed by atoms with E-state index in [9.17, 15) is 14.0 Å². The number of carbonyl (C=O) groups is 2. The molecular formula is C23H30FN5O4. The lowest BCUT2D eigenvalue weighted by Gasteiger charge is -2.23. The molecule has 1 fully saturated rings. The molecule has 178 valence electrons. The summed E-state index contributed by atoms with van der Waals surface area (Å²) in [6.45, 7) is 4.98. The monoisotopic (exact) mass is 459 g/mol. The van der Waals surface area contributed by atoms with E-state index in [1.165, 1.54) is 13.0 Å². The minimum Gasteiger partial charge on any atom is -0.461 e. The summed E-state index contributed by atoms with van der Waals surface area (Å²) in [6.07, 6.45) is -0.566. The molecule has 1 heterocycles. The van der Waals surface area contributed by atoms with E-state index < -0.39 is 6.10 Å². The van der Waals surface area contributed by atoms with Crippen LogP contribution in [0.15, 0.2) is 42.5 Å². The van der Waals surface area contributed by atoms with Gasteiger partial charge in [-0.15, -0.1) is 0 Å². The van der Waals surface area contributed by atoms with Crippen molar-refractivity contribution in [3.05, 3.63) is 53.8 Å². The number of nitrogens with one attached hydrogen (secondary N) is 2. The van der Waals surface area contributed by atoms with Gasteiger partial charge in [-0.3, -0.25) is 14.4 Å². The van der Waals surface area contributed by atoms with Gasteiger partial charge in [0.05, 0.1) is 25.4 Å². The van der Waals surface area contributed by atoms with Crippen LogP contribution in [0.3, 0.4) is 0 Å². The molecule has 1 amide bonds. The highest BCUT2D eigenvalue weighted by Crippen LogP contribution is 2.24. The summed E-state index contributed by atoms with van der Waals surface area (Å²) in [5.74, 6) is -0.583. The fraction of sp³-hybridized carbons (Fsp3) is 0.391. The standard InChI is InChI=1S/C23H30FN5O4/c1-17(31)26-13-21(32-16-30)14-27-20-6-7-23(22(24)12-20)28-8-9-29(33-11-10-28)15-18-2-4-19(25)5-3-18/h2-7,12,16,21,27H,8-11,13-15,25H2,1H3,(H,26,31)/t21-/m0/s1. The van der Waals surface area contributed by atoms with E-state index in [2.05, 4.69) is 10.6 Å². The van der Waals surface area contributed by atoms with E-state index in [1.54, 1.807) is 12.1 Å². The van der Waals surface area contributed by atoms with Gasteiger partial charge in [0.25, 0.3) is 6.47 Å². The van der Waals surface area contributed by atoms with Crippen LogP contribution in [0.5, 0.6) is 0 Å². The fourth-order valence-corrected chi connectivity index (χ4v) is 3.49. The number of rotatable bonds is 10. The molecule has 0 aromatic heterocycles. The molecule has 0 spiro atoms. The predicted molar refractivity (Wildman–Crippen MR) is 124 cm³/mol. The number of hydroxylamine groups is 2. The quantitative estimate of drug-likeness (QED) is 0.364. The average molecular weight is 460 g/mol. The molecule has 3 rings (SSSR count). The van der Waals surface area contributed by atoms with Crippen LogP contribution in [-0.4, -0.2) is 62.9 Å². The van der Waals surface area contributed by atoms with Gasteiger partial charge >= 0.3 is 0 Å². The summed E-state index contributed by atoms with van der Waals surface area (Å²) in [7, 11) is 0. The van der Waals surface area contributed by atoms with Crippen molar-refractivity contribution >= 4 is 29.4 Å². The lowest BCUT2D eigenvalue weighted by molar-refractivity contribution is -0.154. The molecule has 1 aliphatic heterocycles. The molecule has 0 saturated carbocycles. The Bertz CT molecular complexity index is 928. The molecule has 1 atom stereocenters. The van der Waals surface area contributed by atoms with Crippen LogP contribution in [-0.2, 0) is 25.7 Å². The van der Waals surface area contributed by atoms with Gasteiger partial charge in [-0.25, -0.2) is 4.39 Å². The first-order chi connectivity index (χ1) is 15.9. The number of hydrogen-bond acceptors (Lipinski definition) is 8. The van der Waals surface area contributed by atoms with E-state index in [0.717, 1.165) is 11.3 Å². The van der Waals surface area contributed by atoms with Crippen LogP contribution >= 0.6 is 0 Å². The number of anilines is 3. The molecule has 2 aromatic rings. The van der Waals surface area contributed by atoms with Crippen LogP contribution in [0.25, 0.3) is 0 Å². The lowest BCUT2D eigenvalue weighted by Crippen LogP contribution is -2.36. The highest BCUT2D eigenvalue weighted by molar-refractivity contribution is 5.72. The van der Waals surface area contributed by atoms with Crippen molar-refractivity contribution in [2.24, 2.45) is 0 Å². The lowest BCUT2D eigenvalue weighted by atomic mass is 10.2. The molecule has 33 heavy (non-hydrogen) atoms. The van der Waals surface area contributed by atoms with Gasteiger partial charge in [0.15, 0.2) is 0 Å². The predicted octanol–water partition coefficient (Wildman–Crippen LogP) is 1.75. The largest absolute Gasteiger partial charge is 0.461 e. The molecule has 1 saturated heterocycles. The minimum absolute atomic E-state index is 0.169. The minimum atomic E-state index is -0.566. The number of amides is 1. The van der Waals surface area contributed by atoms with Crippen LogP contribution in [0.2, 0.25) is 0 Å². The number of halogens is 1. The summed E-state index contributed by atoms with van der Waals surface area (Å²) in [6, 6.07) is 12.5. The van der Waals surface area contributed by atoms with E-state index >= 15 is 0 Å². The van der Waals surface area contributed by atoms with Crippen LogP contribution in [0.1, 0.15) is 12.5 Å². The Morgan fingerprint density at radius 2 is 2.00 bits per heavy atom. The number of nitrogens with zero attached hydrogens (tertiary/aromatic N) is 2. The summed E-state index contributed by atoms with van der Waals surface area (Å²) >= 11 is 0. The van der Waals surface area contributed by atoms with Crippen molar-refractivity contribution in [2.75, 3.05) is 55.3 Å². The molecule has 10 heteroatoms. The summed E-state index contributed by atoms with van der Waals surface area (Å²) in [4.78, 5) is 29.5. The molecule has 0 aliphatic carbocycles. The molecule has 0 radical (unpaired) electrons. The summed E-state index contributed by atoms with van der Waals surface area (Å²) in [5, 5.41) is 7.51. The van der Waals surface area contributed by atoms with Crippen LogP contribution in [0.4, 0.5) is 21.5 Å². The van der Waals surface area contributed by atoms with Crippen molar-refractivity contribution < 1.29 is 23.6 Å². The van der Waals surface area contributed by atoms with Crippen molar-refractivity contribution in [2.45, 2.75) is 19.6 Å². The van der Waals surface area contributed by atoms with E-state index in [1.807, 2.05) is 34.2 Å². The highest BCUT2D eigenvalue weighted by Gasteiger charge is 2.19. The normalized spacial score (nSPS) is 15.4. The number of hydrogen-bond donors (Lipinski definition) is 3. The Hall–Kier alpha value is -3.37. The third-order valence-electron chi connectivity index (χ3n) is 5.24. The second kappa shape index (κ2) is 12.0. The first kappa shape index (κ1) is 24.3. The van der Waals surface area contributed by atoms with Crippen LogP contribution < -0.4 is 21.3 Å². The first-order valence-electron chi connectivity index (χ1n) is 10.8. The molecule has 0 unspecified atom stereocenters. The second-order valence-electron chi connectivity index (χ2n) is 7.76. The van der Waals surface area contributed by atoms with Gasteiger partial charge in [0.1, 0.15) is 11.9 Å². The smallest absolute Gasteiger partial charge is 0.293 e. The zero-order valence-electron chi connectivity index (χ0n) is 18.6. The third-order valence-corrected chi connectivity index (χ3v) is 5.24. The maximum absolute atomic E-state index is 14.9. The zero-order valence-corrected chi connectivity index (χ0v) is 18.6. The van der Waals surface area contributed by atoms with Crippen molar-refractivity contribution in [1.82, 2.24) is 10.4 Å². The Labute approximate surface area is 192 Å². The SMILES string of the molecule is CC(=O)NC[C@@H](CNc1ccc(N2CCON(Cc3ccc(N)cc3)CC2)c(F)c1)OC=O. The molecule has 2 aromatic carbocycles. The summed E-state index contributed by atoms with van der Waals surface area (Å²) < 4.78 is 19.8. The van der Waals surface area contributed by atoms with Gasteiger partial charge < -0.3 is 26.0 Å². The van der Waals surface area contributed by atoms with Crippen LogP contribution in [0, 0.1) is 5.82 Å². The zero-order chi connectivity index (χ0) is 23.6. The molecule has 9 nitrogen and oxygen atoms in total. The number of nitrogens with two attached hydrogens (primary N) is 1. The molecule has 0 bridgehead atoms. The van der Waals surface area contributed by atoms with E-state index in [0.29, 0.717) is 50.6 Å². The molecular weight excluding hydrogens is 429 g/mol. The van der Waals surface area contributed by atoms with Crippen molar-refractivity contribution in [3.8, 4) is 0 Å². The summed E-state index contributed by atoms with van der Waals surface area (Å²) in [5.41, 5.74) is 8.59. The number of carbonyl (C=O) groups excluding carboxylic acids is 2. The van der Waals surface area contributed by atoms with Gasteiger partial charge in [-0.1, -0.05) is 12.1 Å². The first-order valence-corrected chi connectivity index (χ1v) is 10.8. The Morgan fingerprint density at radius 3 is 2.70 bits per heavy atom. The second-order valence-corrected chi connectivity index (χ2v) is 7.76. The van der Waals surface area contributed by atoms with Gasteiger partial charge in [0, 0.05) is 44.5 Å². The topological polar surface area (TPSA) is 109 Å². The highest BCUT2D eigenvalue weighted by atomic mass is 19.1. The van der Waals surface area contributed by atoms with E-state index in [4.69, 9.17) is 15.3 Å². The number of nitrogen functional groups attached to an aromatic ring is 1. The number of ether oxygens (including phenoxy) is 1. The average Bonchev–Trinajstić information content (AvgIpc) is 3.02. The van der Waals surface area contributed by atoms with Gasteiger partial charge in [-0.2, -0.15) is 5.06 Å². The Kier molecular flexibility index (Phi) is 8.85. The van der Waals surface area contributed by atoms with Crippen molar-refractivity contribution in [1.29, 1.82) is 0 Å². The Balaban J connectivity index is 1.54. The van der Waals surface area contributed by atoms with Gasteiger partial charge in [0.2, 0.25) is 5.91 Å².